The predicted octanol–water partition coefficient (Wildman–Crippen LogP) is 3.33. The van der Waals surface area contributed by atoms with Gasteiger partial charge >= 0.3 is 5.97 Å². The molecule has 0 unspecified atom stereocenters. The van der Waals surface area contributed by atoms with E-state index in [1.165, 1.54) is 17.7 Å². The summed E-state index contributed by atoms with van der Waals surface area (Å²) in [6, 6.07) is 12.2. The number of carboxylic acids is 1. The highest BCUT2D eigenvalue weighted by molar-refractivity contribution is 6.06. The van der Waals surface area contributed by atoms with Crippen molar-refractivity contribution in [2.45, 2.75) is 12.8 Å². The third kappa shape index (κ3) is 3.62. The van der Waals surface area contributed by atoms with Crippen molar-refractivity contribution in [3.05, 3.63) is 77.1 Å². The monoisotopic (exact) mass is 389 g/mol. The predicted molar refractivity (Wildman–Crippen MR) is 109 cm³/mol. The van der Waals surface area contributed by atoms with E-state index in [1.807, 2.05) is 22.9 Å². The number of methoxy groups -OCH3 is 1. The average Bonchev–Trinajstić information content (AvgIpc) is 3.15. The fourth-order valence-electron chi connectivity index (χ4n) is 3.45. The smallest absolute Gasteiger partial charge is 0.337 e. The topological polar surface area (TPSA) is 93.4 Å². The van der Waals surface area contributed by atoms with E-state index in [4.69, 9.17) is 4.74 Å². The molecule has 0 saturated heterocycles. The van der Waals surface area contributed by atoms with Gasteiger partial charge in [0.1, 0.15) is 5.75 Å². The van der Waals surface area contributed by atoms with Crippen LogP contribution in [0.2, 0.25) is 0 Å². The van der Waals surface area contributed by atoms with Gasteiger partial charge in [-0.1, -0.05) is 12.1 Å². The van der Waals surface area contributed by atoms with Gasteiger partial charge in [-0.3, -0.25) is 4.79 Å². The molecule has 0 atom stereocenters. The van der Waals surface area contributed by atoms with Gasteiger partial charge in [0.25, 0.3) is 0 Å². The lowest BCUT2D eigenvalue weighted by Gasteiger charge is -2.19. The van der Waals surface area contributed by atoms with Gasteiger partial charge in [-0.05, 0) is 54.8 Å². The second-order valence-electron chi connectivity index (χ2n) is 6.63. The molecule has 7 heteroatoms. The first kappa shape index (κ1) is 18.5. The molecule has 0 fully saturated rings. The number of ether oxygens (including phenoxy) is 1. The second-order valence-corrected chi connectivity index (χ2v) is 6.63. The number of nitrogens with one attached hydrogen (secondary N) is 1. The third-order valence-electron chi connectivity index (χ3n) is 4.88. The molecule has 29 heavy (non-hydrogen) atoms. The minimum Gasteiger partial charge on any atom is -0.497 e. The zero-order valence-corrected chi connectivity index (χ0v) is 15.8. The van der Waals surface area contributed by atoms with Crippen molar-refractivity contribution in [1.29, 1.82) is 0 Å². The van der Waals surface area contributed by atoms with Crippen LogP contribution in [-0.4, -0.2) is 33.9 Å². The molecule has 1 aliphatic heterocycles. The van der Waals surface area contributed by atoms with Crippen LogP contribution in [0.1, 0.15) is 27.2 Å². The fraction of sp³-hybridized carbons (Fsp3) is 0.136. The van der Waals surface area contributed by atoms with Gasteiger partial charge in [0, 0.05) is 11.6 Å². The van der Waals surface area contributed by atoms with Crippen LogP contribution in [0.3, 0.4) is 0 Å². The second kappa shape index (κ2) is 7.63. The Morgan fingerprint density at radius 1 is 1.21 bits per heavy atom. The molecule has 1 aromatic heterocycles. The van der Waals surface area contributed by atoms with Gasteiger partial charge in [-0.25, -0.2) is 9.48 Å². The summed E-state index contributed by atoms with van der Waals surface area (Å²) in [5, 5.41) is 16.3. The zero-order valence-electron chi connectivity index (χ0n) is 15.8. The van der Waals surface area contributed by atoms with E-state index in [0.717, 1.165) is 35.5 Å². The number of benzene rings is 2. The van der Waals surface area contributed by atoms with E-state index in [2.05, 4.69) is 10.4 Å². The number of aromatic nitrogens is 2. The highest BCUT2D eigenvalue weighted by atomic mass is 16.5. The van der Waals surface area contributed by atoms with Crippen molar-refractivity contribution in [1.82, 2.24) is 9.78 Å². The molecule has 2 N–H and O–H groups in total. The Morgan fingerprint density at radius 3 is 2.83 bits per heavy atom. The van der Waals surface area contributed by atoms with Crippen molar-refractivity contribution < 1.29 is 19.4 Å². The number of fused-ring (bicyclic) bond motifs is 3. The molecule has 1 aliphatic rings. The van der Waals surface area contributed by atoms with Crippen molar-refractivity contribution >= 4 is 23.6 Å². The number of anilines is 1. The Hall–Kier alpha value is -3.87. The Morgan fingerprint density at radius 2 is 2.03 bits per heavy atom. The molecular formula is C22H19N3O4. The summed E-state index contributed by atoms with van der Waals surface area (Å²) >= 11 is 0. The molecular weight excluding hydrogens is 370 g/mol. The number of carbonyl (C=O) groups excluding carboxylic acids is 1. The first-order valence-electron chi connectivity index (χ1n) is 9.12. The molecule has 0 bridgehead atoms. The van der Waals surface area contributed by atoms with E-state index in [-0.39, 0.29) is 11.3 Å². The minimum absolute atomic E-state index is 0.0456. The number of aromatic carboxylic acids is 1. The van der Waals surface area contributed by atoms with Crippen LogP contribution in [0.5, 0.6) is 5.75 Å². The first-order chi connectivity index (χ1) is 14.1. The summed E-state index contributed by atoms with van der Waals surface area (Å²) in [4.78, 5) is 23.5. The molecule has 3 aromatic rings. The van der Waals surface area contributed by atoms with E-state index >= 15 is 0 Å². The molecule has 2 aromatic carbocycles. The van der Waals surface area contributed by atoms with E-state index in [1.54, 1.807) is 37.6 Å². The SMILES string of the molecule is COc1ccc2c(c1)CCc1c(/C=C/C(=O)Nc3ccccc3C(=O)O)cnn1-2. The lowest BCUT2D eigenvalue weighted by Crippen LogP contribution is -2.14. The Labute approximate surface area is 167 Å². The Kier molecular flexibility index (Phi) is 4.87. The van der Waals surface area contributed by atoms with Crippen molar-refractivity contribution in [2.75, 3.05) is 12.4 Å². The molecule has 0 aliphatic carbocycles. The van der Waals surface area contributed by atoms with Crippen LogP contribution in [0.15, 0.2) is 54.7 Å². The summed E-state index contributed by atoms with van der Waals surface area (Å²) in [5.41, 5.74) is 4.36. The minimum atomic E-state index is -1.09. The van der Waals surface area contributed by atoms with Crippen LogP contribution in [0.4, 0.5) is 5.69 Å². The zero-order chi connectivity index (χ0) is 20.4. The molecule has 146 valence electrons. The van der Waals surface area contributed by atoms with Crippen LogP contribution in [0, 0.1) is 0 Å². The number of nitrogens with zero attached hydrogens (tertiary/aromatic N) is 2. The van der Waals surface area contributed by atoms with E-state index < -0.39 is 11.9 Å². The van der Waals surface area contributed by atoms with Gasteiger partial charge < -0.3 is 15.2 Å². The Bertz CT molecular complexity index is 1130. The molecule has 0 radical (unpaired) electrons. The highest BCUT2D eigenvalue weighted by Gasteiger charge is 2.19. The summed E-state index contributed by atoms with van der Waals surface area (Å²) in [5.74, 6) is -0.678. The lowest BCUT2D eigenvalue weighted by atomic mass is 9.99. The molecule has 1 amide bonds. The highest BCUT2D eigenvalue weighted by Crippen LogP contribution is 2.29. The third-order valence-corrected chi connectivity index (χ3v) is 4.88. The number of amides is 1. The largest absolute Gasteiger partial charge is 0.497 e. The maximum absolute atomic E-state index is 12.3. The number of hydrogen-bond acceptors (Lipinski definition) is 4. The normalized spacial score (nSPS) is 12.3. The van der Waals surface area contributed by atoms with Crippen molar-refractivity contribution in [3.63, 3.8) is 0 Å². The quantitative estimate of drug-likeness (QED) is 0.653. The summed E-state index contributed by atoms with van der Waals surface area (Å²) in [6.45, 7) is 0. The van der Waals surface area contributed by atoms with Gasteiger partial charge in [0.2, 0.25) is 5.91 Å². The summed E-state index contributed by atoms with van der Waals surface area (Å²) in [6.07, 6.45) is 6.47. The first-order valence-corrected chi connectivity index (χ1v) is 9.12. The van der Waals surface area contributed by atoms with Crippen LogP contribution in [0.25, 0.3) is 11.8 Å². The maximum Gasteiger partial charge on any atom is 0.337 e. The number of aryl methyl sites for hydroxylation is 1. The lowest BCUT2D eigenvalue weighted by molar-refractivity contribution is -0.111. The standard InChI is InChI=1S/C22H19N3O4/c1-29-16-8-10-19-14(12-16)6-9-20-15(13-23-25(19)20)7-11-21(26)24-18-5-3-2-4-17(18)22(27)28/h2-5,7-8,10-13H,6,9H2,1H3,(H,24,26)(H,27,28)/b11-7+. The fourth-order valence-corrected chi connectivity index (χ4v) is 3.45. The maximum atomic E-state index is 12.3. The summed E-state index contributed by atoms with van der Waals surface area (Å²) in [7, 11) is 1.65. The van der Waals surface area contributed by atoms with E-state index in [0.29, 0.717) is 0 Å². The Balaban J connectivity index is 1.54. The number of para-hydroxylation sites is 1. The molecule has 4 rings (SSSR count). The number of rotatable bonds is 5. The number of carbonyl (C=O) groups is 2. The summed E-state index contributed by atoms with van der Waals surface area (Å²) < 4.78 is 7.17. The van der Waals surface area contributed by atoms with Crippen LogP contribution in [-0.2, 0) is 17.6 Å². The van der Waals surface area contributed by atoms with Gasteiger partial charge in [-0.15, -0.1) is 0 Å². The van der Waals surface area contributed by atoms with Crippen molar-refractivity contribution in [3.8, 4) is 11.4 Å². The van der Waals surface area contributed by atoms with Crippen molar-refractivity contribution in [2.24, 2.45) is 0 Å². The van der Waals surface area contributed by atoms with Gasteiger partial charge in [0.15, 0.2) is 0 Å². The molecule has 0 spiro atoms. The number of hydrogen-bond donors (Lipinski definition) is 2. The van der Waals surface area contributed by atoms with Gasteiger partial charge in [0.05, 0.1) is 35.9 Å². The van der Waals surface area contributed by atoms with E-state index in [9.17, 15) is 14.7 Å². The molecule has 2 heterocycles. The average molecular weight is 389 g/mol. The molecule has 7 nitrogen and oxygen atoms in total. The number of carboxylic acid groups (broad SMARTS) is 1. The van der Waals surface area contributed by atoms with Crippen LogP contribution < -0.4 is 10.1 Å². The van der Waals surface area contributed by atoms with Gasteiger partial charge in [-0.2, -0.15) is 5.10 Å². The molecule has 0 saturated carbocycles. The van der Waals surface area contributed by atoms with Crippen LogP contribution >= 0.6 is 0 Å².